The number of allylic oxidation sites excluding steroid dienone is 1. The number of amides is 1. The van der Waals surface area contributed by atoms with Gasteiger partial charge in [0.25, 0.3) is 5.91 Å². The highest BCUT2D eigenvalue weighted by atomic mass is 16.5. The van der Waals surface area contributed by atoms with Crippen LogP contribution in [-0.2, 0) is 0 Å². The number of aliphatic hydroxyl groups is 1. The summed E-state index contributed by atoms with van der Waals surface area (Å²) in [6, 6.07) is 12.1. The fourth-order valence-corrected chi connectivity index (χ4v) is 3.50. The first-order valence-corrected chi connectivity index (χ1v) is 11.7. The van der Waals surface area contributed by atoms with Gasteiger partial charge in [-0.2, -0.15) is 0 Å². The summed E-state index contributed by atoms with van der Waals surface area (Å²) >= 11 is 0. The monoisotopic (exact) mass is 480 g/mol. The van der Waals surface area contributed by atoms with Crippen molar-refractivity contribution in [2.24, 2.45) is 11.6 Å². The standard InChI is InChI=1S/C27H36N4O4/c1-5-6-10-22(18-32)31(27(34)23-11-8-7-9-20(23)4)24-16-21(12-13-26(24)35-19(2)3)25(33)17-30(29)15-14-28/h7-16,19,32H,5-6,17-18,28-29H2,1-4H3/b15-14-,22-10+. The number of carbonyl (C=O) groups excluding carboxylic acids is 2. The Kier molecular flexibility index (Phi) is 10.5. The zero-order chi connectivity index (χ0) is 26.0. The van der Waals surface area contributed by atoms with Gasteiger partial charge in [0.05, 0.1) is 24.9 Å². The van der Waals surface area contributed by atoms with Crippen molar-refractivity contribution in [3.8, 4) is 5.75 Å². The number of carbonyl (C=O) groups is 2. The summed E-state index contributed by atoms with van der Waals surface area (Å²) in [6.07, 6.45) is 5.78. The number of hydrogen-bond donors (Lipinski definition) is 3. The number of hydrogen-bond acceptors (Lipinski definition) is 7. The van der Waals surface area contributed by atoms with Crippen molar-refractivity contribution in [1.29, 1.82) is 0 Å². The molecule has 0 heterocycles. The molecule has 0 saturated heterocycles. The molecule has 0 aliphatic rings. The van der Waals surface area contributed by atoms with E-state index in [9.17, 15) is 14.7 Å². The van der Waals surface area contributed by atoms with E-state index in [0.29, 0.717) is 34.7 Å². The van der Waals surface area contributed by atoms with Crippen molar-refractivity contribution in [2.45, 2.75) is 46.6 Å². The van der Waals surface area contributed by atoms with Gasteiger partial charge in [-0.05, 0) is 57.0 Å². The van der Waals surface area contributed by atoms with Gasteiger partial charge in [-0.1, -0.05) is 37.6 Å². The Balaban J connectivity index is 2.71. The predicted molar refractivity (Wildman–Crippen MR) is 139 cm³/mol. The third kappa shape index (κ3) is 7.43. The minimum atomic E-state index is -0.366. The van der Waals surface area contributed by atoms with E-state index in [1.807, 2.05) is 45.9 Å². The molecule has 2 rings (SSSR count). The fourth-order valence-electron chi connectivity index (χ4n) is 3.50. The number of aryl methyl sites for hydroxylation is 1. The van der Waals surface area contributed by atoms with Crippen molar-refractivity contribution in [3.05, 3.63) is 83.3 Å². The molecule has 35 heavy (non-hydrogen) atoms. The first-order chi connectivity index (χ1) is 16.7. The number of hydrazine groups is 1. The van der Waals surface area contributed by atoms with Crippen LogP contribution in [0.4, 0.5) is 5.69 Å². The maximum atomic E-state index is 13.9. The van der Waals surface area contributed by atoms with Crippen molar-refractivity contribution in [1.82, 2.24) is 5.01 Å². The molecule has 0 spiro atoms. The van der Waals surface area contributed by atoms with Crippen LogP contribution in [0.1, 0.15) is 59.9 Å². The molecule has 0 saturated carbocycles. The number of anilines is 1. The zero-order valence-electron chi connectivity index (χ0n) is 20.9. The molecule has 0 aliphatic carbocycles. The lowest BCUT2D eigenvalue weighted by molar-refractivity contribution is 0.0952. The van der Waals surface area contributed by atoms with Gasteiger partial charge in [0, 0.05) is 29.2 Å². The van der Waals surface area contributed by atoms with Crippen LogP contribution in [0, 0.1) is 6.92 Å². The average molecular weight is 481 g/mol. The number of nitrogens with two attached hydrogens (primary N) is 2. The van der Waals surface area contributed by atoms with Crippen LogP contribution in [0.2, 0.25) is 0 Å². The first kappa shape index (κ1) is 27.6. The molecule has 0 fully saturated rings. The number of benzene rings is 2. The fraction of sp³-hybridized carbons (Fsp3) is 0.333. The van der Waals surface area contributed by atoms with Gasteiger partial charge >= 0.3 is 0 Å². The second kappa shape index (κ2) is 13.3. The van der Waals surface area contributed by atoms with Gasteiger partial charge in [-0.15, -0.1) is 0 Å². The van der Waals surface area contributed by atoms with Gasteiger partial charge < -0.3 is 20.6 Å². The smallest absolute Gasteiger partial charge is 0.263 e. The Morgan fingerprint density at radius 1 is 1.17 bits per heavy atom. The lowest BCUT2D eigenvalue weighted by Crippen LogP contribution is -2.34. The maximum Gasteiger partial charge on any atom is 0.263 e. The Labute approximate surface area is 207 Å². The molecule has 0 aliphatic heterocycles. The molecule has 5 N–H and O–H groups in total. The number of rotatable bonds is 12. The summed E-state index contributed by atoms with van der Waals surface area (Å²) in [6.45, 7) is 7.14. The molecular formula is C27H36N4O4. The van der Waals surface area contributed by atoms with E-state index in [0.717, 1.165) is 12.0 Å². The molecular weight excluding hydrogens is 444 g/mol. The molecule has 2 aromatic carbocycles. The second-order valence-corrected chi connectivity index (χ2v) is 8.38. The van der Waals surface area contributed by atoms with Crippen LogP contribution >= 0.6 is 0 Å². The Morgan fingerprint density at radius 3 is 2.49 bits per heavy atom. The van der Waals surface area contributed by atoms with Gasteiger partial charge in [0.15, 0.2) is 5.78 Å². The Morgan fingerprint density at radius 2 is 1.89 bits per heavy atom. The van der Waals surface area contributed by atoms with Gasteiger partial charge in [0.2, 0.25) is 0 Å². The highest BCUT2D eigenvalue weighted by Gasteiger charge is 2.27. The molecule has 0 bridgehead atoms. The summed E-state index contributed by atoms with van der Waals surface area (Å²) in [5.41, 5.74) is 7.75. The number of unbranched alkanes of at least 4 members (excludes halogenated alkanes) is 1. The molecule has 188 valence electrons. The minimum absolute atomic E-state index is 0.109. The van der Waals surface area contributed by atoms with E-state index in [4.69, 9.17) is 16.3 Å². The summed E-state index contributed by atoms with van der Waals surface area (Å²) < 4.78 is 6.02. The maximum absolute atomic E-state index is 13.9. The number of aliphatic hydroxyl groups excluding tert-OH is 1. The van der Waals surface area contributed by atoms with Crippen LogP contribution < -0.4 is 21.2 Å². The lowest BCUT2D eigenvalue weighted by Gasteiger charge is -2.28. The average Bonchev–Trinajstić information content (AvgIpc) is 2.82. The SMILES string of the molecule is CCC/C=C(\CO)N(C(=O)c1ccccc1C)c1cc(C(=O)CN(N)/C=C\N)ccc1OC(C)C. The van der Waals surface area contributed by atoms with Crippen LogP contribution in [0.25, 0.3) is 0 Å². The van der Waals surface area contributed by atoms with E-state index in [1.54, 1.807) is 30.3 Å². The topological polar surface area (TPSA) is 122 Å². The summed E-state index contributed by atoms with van der Waals surface area (Å²) in [5.74, 6) is 5.61. The van der Waals surface area contributed by atoms with E-state index in [-0.39, 0.29) is 30.9 Å². The van der Waals surface area contributed by atoms with Crippen LogP contribution in [0.15, 0.2) is 66.6 Å². The zero-order valence-corrected chi connectivity index (χ0v) is 20.9. The molecule has 8 nitrogen and oxygen atoms in total. The molecule has 0 radical (unpaired) electrons. The third-order valence-electron chi connectivity index (χ3n) is 5.18. The van der Waals surface area contributed by atoms with Crippen LogP contribution in [0.3, 0.4) is 0 Å². The van der Waals surface area contributed by atoms with E-state index in [2.05, 4.69) is 0 Å². The summed E-state index contributed by atoms with van der Waals surface area (Å²) in [5, 5.41) is 11.4. The van der Waals surface area contributed by atoms with Gasteiger partial charge in [-0.25, -0.2) is 5.84 Å². The molecule has 0 aromatic heterocycles. The number of Topliss-reactive ketones (excluding diaryl/α,β-unsaturated/α-hetero) is 1. The van der Waals surface area contributed by atoms with Crippen molar-refractivity contribution in [2.75, 3.05) is 18.1 Å². The number of ether oxygens (including phenoxy) is 1. The van der Waals surface area contributed by atoms with E-state index >= 15 is 0 Å². The minimum Gasteiger partial charge on any atom is -0.489 e. The largest absolute Gasteiger partial charge is 0.489 e. The van der Waals surface area contributed by atoms with Crippen LogP contribution in [-0.4, -0.2) is 41.1 Å². The lowest BCUT2D eigenvalue weighted by atomic mass is 10.0. The van der Waals surface area contributed by atoms with Crippen molar-refractivity contribution in [3.63, 3.8) is 0 Å². The normalized spacial score (nSPS) is 11.7. The number of nitrogens with zero attached hydrogens (tertiary/aromatic N) is 2. The summed E-state index contributed by atoms with van der Waals surface area (Å²) in [4.78, 5) is 28.3. The predicted octanol–water partition coefficient (Wildman–Crippen LogP) is 3.89. The van der Waals surface area contributed by atoms with E-state index < -0.39 is 0 Å². The number of ketones is 1. The molecule has 0 unspecified atom stereocenters. The van der Waals surface area contributed by atoms with E-state index in [1.165, 1.54) is 22.3 Å². The highest BCUT2D eigenvalue weighted by Crippen LogP contribution is 2.35. The Hall–Kier alpha value is -3.62. The van der Waals surface area contributed by atoms with Gasteiger partial charge in [-0.3, -0.25) is 14.5 Å². The van der Waals surface area contributed by atoms with Crippen LogP contribution in [0.5, 0.6) is 5.75 Å². The third-order valence-corrected chi connectivity index (χ3v) is 5.18. The Bertz CT molecular complexity index is 1080. The molecule has 2 aromatic rings. The van der Waals surface area contributed by atoms with Gasteiger partial charge in [0.1, 0.15) is 5.75 Å². The second-order valence-electron chi connectivity index (χ2n) is 8.38. The highest BCUT2D eigenvalue weighted by molar-refractivity contribution is 6.10. The van der Waals surface area contributed by atoms with Crippen molar-refractivity contribution >= 4 is 17.4 Å². The van der Waals surface area contributed by atoms with Crippen molar-refractivity contribution < 1.29 is 19.4 Å². The molecule has 8 heteroatoms. The first-order valence-electron chi connectivity index (χ1n) is 11.7. The quantitative estimate of drug-likeness (QED) is 0.239. The molecule has 0 atom stereocenters. The summed E-state index contributed by atoms with van der Waals surface area (Å²) in [7, 11) is 0. The molecule has 1 amide bonds.